The van der Waals surface area contributed by atoms with Gasteiger partial charge in [-0.05, 0) is 78.1 Å². The summed E-state index contributed by atoms with van der Waals surface area (Å²) in [6, 6.07) is 2.51. The van der Waals surface area contributed by atoms with E-state index in [1.54, 1.807) is 0 Å². The van der Waals surface area contributed by atoms with E-state index in [1.165, 1.54) is 24.9 Å². The van der Waals surface area contributed by atoms with Crippen molar-refractivity contribution in [2.24, 2.45) is 0 Å². The Bertz CT molecular complexity index is 201. The lowest BCUT2D eigenvalue weighted by Gasteiger charge is -2.22. The van der Waals surface area contributed by atoms with Crippen molar-refractivity contribution in [2.45, 2.75) is 65.0 Å². The first-order valence-electron chi connectivity index (χ1n) is 7.81. The highest BCUT2D eigenvalue weighted by atomic mass is 28.4. The van der Waals surface area contributed by atoms with Gasteiger partial charge in [0.25, 0.3) is 0 Å². The summed E-state index contributed by atoms with van der Waals surface area (Å²) in [5.74, 6) is 0. The van der Waals surface area contributed by atoms with E-state index in [-0.39, 0.29) is 0 Å². The summed E-state index contributed by atoms with van der Waals surface area (Å²) in [6.45, 7) is 17.4. The molecule has 0 aromatic rings. The van der Waals surface area contributed by atoms with Gasteiger partial charge in [0.1, 0.15) is 0 Å². The highest BCUT2D eigenvalue weighted by Gasteiger charge is 2.21. The first-order valence-corrected chi connectivity index (χ1v) is 14.0. The highest BCUT2D eigenvalue weighted by molar-refractivity contribution is 6.71. The SMILES string of the molecule is CCO[Si](C)(C)CCCNCCC[Si](C)(C)OCC. The quantitative estimate of drug-likeness (QED) is 0.439. The third-order valence-electron chi connectivity index (χ3n) is 3.33. The molecule has 0 aliphatic carbocycles. The third kappa shape index (κ3) is 11.8. The van der Waals surface area contributed by atoms with Crippen LogP contribution in [0.15, 0.2) is 0 Å². The summed E-state index contributed by atoms with van der Waals surface area (Å²) in [7, 11) is -2.73. The summed E-state index contributed by atoms with van der Waals surface area (Å²) in [5.41, 5.74) is 0. The fraction of sp³-hybridized carbons (Fsp3) is 1.00. The lowest BCUT2D eigenvalue weighted by atomic mass is 10.4. The van der Waals surface area contributed by atoms with Crippen LogP contribution in [0, 0.1) is 0 Å². The van der Waals surface area contributed by atoms with Gasteiger partial charge in [-0.1, -0.05) is 0 Å². The van der Waals surface area contributed by atoms with Gasteiger partial charge >= 0.3 is 0 Å². The van der Waals surface area contributed by atoms with E-state index >= 15 is 0 Å². The van der Waals surface area contributed by atoms with E-state index in [0.29, 0.717) is 0 Å². The molecule has 0 fully saturated rings. The number of hydrogen-bond donors (Lipinski definition) is 1. The minimum atomic E-state index is -1.37. The molecule has 0 aliphatic rings. The van der Waals surface area contributed by atoms with E-state index in [2.05, 4.69) is 45.4 Å². The molecular formula is C14H35NO2Si2. The van der Waals surface area contributed by atoms with Gasteiger partial charge in [-0.15, -0.1) is 0 Å². The van der Waals surface area contributed by atoms with Crippen LogP contribution in [0.5, 0.6) is 0 Å². The van der Waals surface area contributed by atoms with Gasteiger partial charge in [-0.2, -0.15) is 0 Å². The van der Waals surface area contributed by atoms with Crippen LogP contribution in [-0.2, 0) is 8.85 Å². The lowest BCUT2D eigenvalue weighted by molar-refractivity contribution is 0.327. The minimum Gasteiger partial charge on any atom is -0.418 e. The molecule has 0 aromatic carbocycles. The summed E-state index contributed by atoms with van der Waals surface area (Å²) >= 11 is 0. The lowest BCUT2D eigenvalue weighted by Crippen LogP contribution is -2.32. The maximum absolute atomic E-state index is 5.83. The summed E-state index contributed by atoms with van der Waals surface area (Å²) < 4.78 is 11.7. The van der Waals surface area contributed by atoms with Crippen molar-refractivity contribution in [3.05, 3.63) is 0 Å². The van der Waals surface area contributed by atoms with Crippen molar-refractivity contribution in [3.8, 4) is 0 Å². The average Bonchev–Trinajstić information content (AvgIpc) is 2.27. The van der Waals surface area contributed by atoms with E-state index in [1.807, 2.05) is 0 Å². The Hall–Kier alpha value is 0.314. The number of rotatable bonds is 12. The molecule has 0 saturated heterocycles. The van der Waals surface area contributed by atoms with Crippen molar-refractivity contribution in [1.29, 1.82) is 0 Å². The molecular weight excluding hydrogens is 270 g/mol. The molecule has 0 bridgehead atoms. The first kappa shape index (κ1) is 19.3. The Labute approximate surface area is 122 Å². The molecule has 0 atom stereocenters. The molecule has 3 nitrogen and oxygen atoms in total. The van der Waals surface area contributed by atoms with Crippen LogP contribution in [0.25, 0.3) is 0 Å². The van der Waals surface area contributed by atoms with Crippen molar-refractivity contribution in [2.75, 3.05) is 26.3 Å². The van der Waals surface area contributed by atoms with E-state index in [9.17, 15) is 0 Å². The van der Waals surface area contributed by atoms with Gasteiger partial charge in [0.15, 0.2) is 16.6 Å². The van der Waals surface area contributed by atoms with E-state index in [4.69, 9.17) is 8.85 Å². The highest BCUT2D eigenvalue weighted by Crippen LogP contribution is 2.14. The van der Waals surface area contributed by atoms with Crippen LogP contribution in [-0.4, -0.2) is 42.9 Å². The summed E-state index contributed by atoms with van der Waals surface area (Å²) in [4.78, 5) is 0. The van der Waals surface area contributed by atoms with Crippen molar-refractivity contribution < 1.29 is 8.85 Å². The summed E-state index contributed by atoms with van der Waals surface area (Å²) in [5, 5.41) is 3.55. The Morgan fingerprint density at radius 1 is 0.737 bits per heavy atom. The van der Waals surface area contributed by atoms with E-state index in [0.717, 1.165) is 26.3 Å². The van der Waals surface area contributed by atoms with E-state index < -0.39 is 16.6 Å². The maximum Gasteiger partial charge on any atom is 0.186 e. The average molecular weight is 306 g/mol. The number of nitrogens with one attached hydrogen (secondary N) is 1. The van der Waals surface area contributed by atoms with Crippen LogP contribution >= 0.6 is 0 Å². The minimum absolute atomic E-state index is 0.865. The predicted octanol–water partition coefficient (Wildman–Crippen LogP) is 3.84. The molecule has 0 radical (unpaired) electrons. The second-order valence-electron chi connectivity index (χ2n) is 6.34. The molecule has 0 unspecified atom stereocenters. The van der Waals surface area contributed by atoms with Gasteiger partial charge < -0.3 is 14.2 Å². The molecule has 0 rings (SSSR count). The first-order chi connectivity index (χ1) is 8.83. The molecule has 0 amide bonds. The third-order valence-corrected chi connectivity index (χ3v) is 8.59. The standard InChI is InChI=1S/C14H35NO2Si2/c1-7-16-18(3,4)13-9-11-15-12-10-14-19(5,6)17-8-2/h15H,7-14H2,1-6H3. The summed E-state index contributed by atoms with van der Waals surface area (Å²) in [6.07, 6.45) is 2.48. The molecule has 116 valence electrons. The molecule has 0 heterocycles. The molecule has 0 saturated carbocycles. The Kier molecular flexibility index (Phi) is 10.3. The van der Waals surface area contributed by atoms with Gasteiger partial charge in [0.2, 0.25) is 0 Å². The van der Waals surface area contributed by atoms with Crippen molar-refractivity contribution in [1.82, 2.24) is 5.32 Å². The van der Waals surface area contributed by atoms with Gasteiger partial charge in [-0.3, -0.25) is 0 Å². The molecule has 0 spiro atoms. The Morgan fingerprint density at radius 3 is 1.42 bits per heavy atom. The van der Waals surface area contributed by atoms with Crippen LogP contribution in [0.2, 0.25) is 38.3 Å². The zero-order valence-electron chi connectivity index (χ0n) is 14.0. The van der Waals surface area contributed by atoms with Crippen LogP contribution in [0.3, 0.4) is 0 Å². The fourth-order valence-corrected chi connectivity index (χ4v) is 6.24. The normalized spacial score (nSPS) is 12.9. The molecule has 19 heavy (non-hydrogen) atoms. The Balaban J connectivity index is 3.46. The smallest absolute Gasteiger partial charge is 0.186 e. The van der Waals surface area contributed by atoms with Crippen molar-refractivity contribution >= 4 is 16.6 Å². The van der Waals surface area contributed by atoms with Gasteiger partial charge in [-0.25, -0.2) is 0 Å². The largest absolute Gasteiger partial charge is 0.418 e. The Morgan fingerprint density at radius 2 is 1.11 bits per heavy atom. The second kappa shape index (κ2) is 10.1. The van der Waals surface area contributed by atoms with Crippen LogP contribution < -0.4 is 5.32 Å². The molecule has 0 aliphatic heterocycles. The van der Waals surface area contributed by atoms with Crippen LogP contribution in [0.1, 0.15) is 26.7 Å². The number of hydrogen-bond acceptors (Lipinski definition) is 3. The molecule has 1 N–H and O–H groups in total. The fourth-order valence-electron chi connectivity index (χ4n) is 2.33. The van der Waals surface area contributed by atoms with Crippen LogP contribution in [0.4, 0.5) is 0 Å². The van der Waals surface area contributed by atoms with Crippen molar-refractivity contribution in [3.63, 3.8) is 0 Å². The molecule has 5 heteroatoms. The zero-order valence-corrected chi connectivity index (χ0v) is 16.0. The van der Waals surface area contributed by atoms with Gasteiger partial charge in [0, 0.05) is 13.2 Å². The van der Waals surface area contributed by atoms with Gasteiger partial charge in [0.05, 0.1) is 0 Å². The monoisotopic (exact) mass is 305 g/mol. The topological polar surface area (TPSA) is 30.5 Å². The predicted molar refractivity (Wildman–Crippen MR) is 89.9 cm³/mol. The maximum atomic E-state index is 5.83. The second-order valence-corrected chi connectivity index (χ2v) is 15.0. The molecule has 0 aromatic heterocycles. The zero-order chi connectivity index (χ0) is 14.8.